The maximum absolute atomic E-state index is 13.5. The van der Waals surface area contributed by atoms with E-state index < -0.39 is 5.82 Å². The standard InChI is InChI=1S/C11H17FN4O/c1-2-4-13-11-14-6-9(12)10(16-11)15-8-3-5-17-7-8/h6,8H,2-5,7H2,1H3,(H2,13,14,15,16). The maximum atomic E-state index is 13.5. The fraction of sp³-hybridized carbons (Fsp3) is 0.636. The van der Waals surface area contributed by atoms with E-state index in [1.165, 1.54) is 6.20 Å². The van der Waals surface area contributed by atoms with Gasteiger partial charge in [-0.3, -0.25) is 0 Å². The van der Waals surface area contributed by atoms with E-state index in [-0.39, 0.29) is 11.9 Å². The second-order valence-electron chi connectivity index (χ2n) is 4.02. The molecule has 0 aliphatic carbocycles. The lowest BCUT2D eigenvalue weighted by molar-refractivity contribution is 0.195. The molecule has 1 aromatic heterocycles. The zero-order valence-corrected chi connectivity index (χ0v) is 9.87. The van der Waals surface area contributed by atoms with Gasteiger partial charge >= 0.3 is 0 Å². The highest BCUT2D eigenvalue weighted by molar-refractivity contribution is 5.42. The van der Waals surface area contributed by atoms with Crippen LogP contribution >= 0.6 is 0 Å². The molecular formula is C11H17FN4O. The van der Waals surface area contributed by atoms with E-state index in [1.54, 1.807) is 0 Å². The summed E-state index contributed by atoms with van der Waals surface area (Å²) in [7, 11) is 0. The van der Waals surface area contributed by atoms with Crippen LogP contribution in [0, 0.1) is 5.82 Å². The number of anilines is 2. The Bertz CT molecular complexity index is 368. The third-order valence-electron chi connectivity index (χ3n) is 2.55. The van der Waals surface area contributed by atoms with Crippen LogP contribution in [-0.2, 0) is 4.74 Å². The lowest BCUT2D eigenvalue weighted by Crippen LogP contribution is -2.21. The van der Waals surface area contributed by atoms with Gasteiger partial charge in [-0.05, 0) is 12.8 Å². The van der Waals surface area contributed by atoms with Gasteiger partial charge in [0.2, 0.25) is 5.95 Å². The second-order valence-corrected chi connectivity index (χ2v) is 4.02. The molecule has 2 heterocycles. The molecule has 2 N–H and O–H groups in total. The van der Waals surface area contributed by atoms with E-state index in [2.05, 4.69) is 20.6 Å². The highest BCUT2D eigenvalue weighted by Crippen LogP contribution is 2.16. The van der Waals surface area contributed by atoms with Crippen LogP contribution < -0.4 is 10.6 Å². The fourth-order valence-corrected chi connectivity index (χ4v) is 1.63. The third-order valence-corrected chi connectivity index (χ3v) is 2.55. The lowest BCUT2D eigenvalue weighted by Gasteiger charge is -2.12. The van der Waals surface area contributed by atoms with Crippen LogP contribution in [0.25, 0.3) is 0 Å². The van der Waals surface area contributed by atoms with Gasteiger partial charge in [-0.1, -0.05) is 6.92 Å². The minimum Gasteiger partial charge on any atom is -0.379 e. The predicted octanol–water partition coefficient (Wildman–Crippen LogP) is 1.64. The van der Waals surface area contributed by atoms with E-state index in [4.69, 9.17) is 4.74 Å². The van der Waals surface area contributed by atoms with E-state index in [0.29, 0.717) is 19.2 Å². The summed E-state index contributed by atoms with van der Waals surface area (Å²) in [6.45, 7) is 4.13. The third kappa shape index (κ3) is 3.26. The molecule has 0 radical (unpaired) electrons. The molecule has 1 unspecified atom stereocenters. The Morgan fingerprint density at radius 3 is 3.18 bits per heavy atom. The average molecular weight is 240 g/mol. The summed E-state index contributed by atoms with van der Waals surface area (Å²) >= 11 is 0. The van der Waals surface area contributed by atoms with Gasteiger partial charge in [0.05, 0.1) is 18.8 Å². The first-order chi connectivity index (χ1) is 8.29. The van der Waals surface area contributed by atoms with Gasteiger partial charge in [-0.25, -0.2) is 9.37 Å². The number of nitrogens with zero attached hydrogens (tertiary/aromatic N) is 2. The van der Waals surface area contributed by atoms with Crippen molar-refractivity contribution in [3.63, 3.8) is 0 Å². The number of ether oxygens (including phenoxy) is 1. The molecule has 2 rings (SSSR count). The van der Waals surface area contributed by atoms with Crippen molar-refractivity contribution >= 4 is 11.8 Å². The van der Waals surface area contributed by atoms with E-state index in [9.17, 15) is 4.39 Å². The van der Waals surface area contributed by atoms with Gasteiger partial charge in [0.25, 0.3) is 0 Å². The number of hydrogen-bond donors (Lipinski definition) is 2. The highest BCUT2D eigenvalue weighted by atomic mass is 19.1. The van der Waals surface area contributed by atoms with Crippen molar-refractivity contribution in [3.05, 3.63) is 12.0 Å². The molecular weight excluding hydrogens is 223 g/mol. The van der Waals surface area contributed by atoms with Gasteiger partial charge < -0.3 is 15.4 Å². The van der Waals surface area contributed by atoms with Gasteiger partial charge in [0, 0.05) is 13.2 Å². The number of hydrogen-bond acceptors (Lipinski definition) is 5. The van der Waals surface area contributed by atoms with Crippen molar-refractivity contribution in [3.8, 4) is 0 Å². The quantitative estimate of drug-likeness (QED) is 0.819. The molecule has 5 nitrogen and oxygen atoms in total. The second kappa shape index (κ2) is 5.77. The number of aromatic nitrogens is 2. The van der Waals surface area contributed by atoms with Crippen LogP contribution in [-0.4, -0.2) is 35.8 Å². The molecule has 0 bridgehead atoms. The van der Waals surface area contributed by atoms with Crippen LogP contribution in [0.4, 0.5) is 16.2 Å². The molecule has 1 aliphatic rings. The largest absolute Gasteiger partial charge is 0.379 e. The van der Waals surface area contributed by atoms with Crippen LogP contribution in [0.3, 0.4) is 0 Å². The van der Waals surface area contributed by atoms with Crippen molar-refractivity contribution in [2.24, 2.45) is 0 Å². The van der Waals surface area contributed by atoms with E-state index >= 15 is 0 Å². The van der Waals surface area contributed by atoms with Crippen molar-refractivity contribution in [2.45, 2.75) is 25.8 Å². The maximum Gasteiger partial charge on any atom is 0.224 e. The first-order valence-corrected chi connectivity index (χ1v) is 5.90. The number of rotatable bonds is 5. The first-order valence-electron chi connectivity index (χ1n) is 5.90. The normalized spacial score (nSPS) is 19.3. The summed E-state index contributed by atoms with van der Waals surface area (Å²) in [5, 5.41) is 6.06. The molecule has 1 atom stereocenters. The molecule has 1 aromatic rings. The predicted molar refractivity (Wildman–Crippen MR) is 63.6 cm³/mol. The fourth-order valence-electron chi connectivity index (χ4n) is 1.63. The molecule has 1 aliphatic heterocycles. The van der Waals surface area contributed by atoms with Crippen molar-refractivity contribution in [1.82, 2.24) is 9.97 Å². The molecule has 94 valence electrons. The summed E-state index contributed by atoms with van der Waals surface area (Å²) in [6, 6.07) is 0.137. The summed E-state index contributed by atoms with van der Waals surface area (Å²) in [6.07, 6.45) is 3.03. The van der Waals surface area contributed by atoms with E-state index in [1.807, 2.05) is 6.92 Å². The zero-order valence-electron chi connectivity index (χ0n) is 9.87. The smallest absolute Gasteiger partial charge is 0.224 e. The summed E-state index contributed by atoms with van der Waals surface area (Å²) in [5.74, 6) is 0.266. The first kappa shape index (κ1) is 12.0. The highest BCUT2D eigenvalue weighted by Gasteiger charge is 2.17. The van der Waals surface area contributed by atoms with Crippen LogP contribution in [0.2, 0.25) is 0 Å². The summed E-state index contributed by atoms with van der Waals surface area (Å²) in [5.41, 5.74) is 0. The molecule has 1 saturated heterocycles. The van der Waals surface area contributed by atoms with Gasteiger partial charge in [0.15, 0.2) is 11.6 Å². The average Bonchev–Trinajstić information content (AvgIpc) is 2.83. The molecule has 6 heteroatoms. The lowest BCUT2D eigenvalue weighted by atomic mass is 10.2. The van der Waals surface area contributed by atoms with Crippen LogP contribution in [0.1, 0.15) is 19.8 Å². The Kier molecular flexibility index (Phi) is 4.08. The molecule has 0 aromatic carbocycles. The van der Waals surface area contributed by atoms with Crippen molar-refractivity contribution in [2.75, 3.05) is 30.4 Å². The summed E-state index contributed by atoms with van der Waals surface area (Å²) in [4.78, 5) is 7.99. The molecule has 0 amide bonds. The Hall–Kier alpha value is -1.43. The van der Waals surface area contributed by atoms with Gasteiger partial charge in [0.1, 0.15) is 0 Å². The number of halogens is 1. The molecule has 1 fully saturated rings. The SMILES string of the molecule is CCCNc1ncc(F)c(NC2CCOC2)n1. The monoisotopic (exact) mass is 240 g/mol. The van der Waals surface area contributed by atoms with Crippen molar-refractivity contribution in [1.29, 1.82) is 0 Å². The molecule has 0 saturated carbocycles. The Balaban J connectivity index is 2.03. The van der Waals surface area contributed by atoms with Gasteiger partial charge in [-0.2, -0.15) is 4.98 Å². The van der Waals surface area contributed by atoms with Gasteiger partial charge in [-0.15, -0.1) is 0 Å². The van der Waals surface area contributed by atoms with Crippen LogP contribution in [0.5, 0.6) is 0 Å². The minimum absolute atomic E-state index is 0.137. The zero-order chi connectivity index (χ0) is 12.1. The molecule has 0 spiro atoms. The van der Waals surface area contributed by atoms with Crippen LogP contribution in [0.15, 0.2) is 6.20 Å². The van der Waals surface area contributed by atoms with E-state index in [0.717, 1.165) is 19.4 Å². The Morgan fingerprint density at radius 1 is 1.59 bits per heavy atom. The Labute approximate surface area is 99.8 Å². The van der Waals surface area contributed by atoms with Crippen molar-refractivity contribution < 1.29 is 9.13 Å². The minimum atomic E-state index is -0.432. The molecule has 17 heavy (non-hydrogen) atoms. The number of nitrogens with one attached hydrogen (secondary N) is 2. The Morgan fingerprint density at radius 2 is 2.47 bits per heavy atom. The summed E-state index contributed by atoms with van der Waals surface area (Å²) < 4.78 is 18.7. The topological polar surface area (TPSA) is 59.1 Å².